The van der Waals surface area contributed by atoms with Crippen molar-refractivity contribution < 1.29 is 19.1 Å². The summed E-state index contributed by atoms with van der Waals surface area (Å²) in [5.41, 5.74) is 1.28. The molecule has 142 valence electrons. The first-order valence-electron chi connectivity index (χ1n) is 9.12. The Labute approximate surface area is 159 Å². The number of piperidine rings is 1. The number of likely N-dealkylation sites (tertiary alicyclic amines) is 1. The summed E-state index contributed by atoms with van der Waals surface area (Å²) in [6.45, 7) is 1.54. The first kappa shape index (κ1) is 18.8. The molecule has 0 spiro atoms. The maximum absolute atomic E-state index is 12.4. The predicted octanol–water partition coefficient (Wildman–Crippen LogP) is 3.34. The fourth-order valence-corrected chi connectivity index (χ4v) is 2.99. The minimum Gasteiger partial charge on any atom is -0.497 e. The first-order chi connectivity index (χ1) is 13.2. The predicted molar refractivity (Wildman–Crippen MR) is 103 cm³/mol. The highest BCUT2D eigenvalue weighted by molar-refractivity contribution is 5.96. The van der Waals surface area contributed by atoms with Gasteiger partial charge in [-0.1, -0.05) is 0 Å². The molecule has 2 aromatic carbocycles. The Morgan fingerprint density at radius 2 is 1.56 bits per heavy atom. The normalized spacial score (nSPS) is 13.7. The Bertz CT molecular complexity index is 766. The summed E-state index contributed by atoms with van der Waals surface area (Å²) in [5, 5.41) is 2.77. The highest BCUT2D eigenvalue weighted by Gasteiger charge is 2.18. The first-order valence-corrected chi connectivity index (χ1v) is 9.12. The lowest BCUT2D eigenvalue weighted by molar-refractivity contribution is -0.118. The van der Waals surface area contributed by atoms with Crippen LogP contribution in [0.15, 0.2) is 48.5 Å². The number of carbonyl (C=O) groups excluding carboxylic acids is 2. The van der Waals surface area contributed by atoms with Crippen molar-refractivity contribution in [2.45, 2.75) is 19.3 Å². The summed E-state index contributed by atoms with van der Waals surface area (Å²) < 4.78 is 10.5. The van der Waals surface area contributed by atoms with E-state index in [-0.39, 0.29) is 18.4 Å². The van der Waals surface area contributed by atoms with Crippen molar-refractivity contribution in [3.05, 3.63) is 54.1 Å². The molecule has 1 aliphatic rings. The Hall–Kier alpha value is -3.02. The van der Waals surface area contributed by atoms with Crippen LogP contribution >= 0.6 is 0 Å². The minimum atomic E-state index is -0.263. The van der Waals surface area contributed by atoms with Crippen molar-refractivity contribution in [3.63, 3.8) is 0 Å². The minimum absolute atomic E-state index is 0.0513. The van der Waals surface area contributed by atoms with E-state index in [0.717, 1.165) is 31.7 Å². The van der Waals surface area contributed by atoms with Gasteiger partial charge in [0.2, 0.25) is 0 Å². The lowest BCUT2D eigenvalue weighted by Gasteiger charge is -2.26. The number of anilines is 1. The van der Waals surface area contributed by atoms with Gasteiger partial charge in [-0.2, -0.15) is 0 Å². The van der Waals surface area contributed by atoms with E-state index in [4.69, 9.17) is 9.47 Å². The molecule has 1 fully saturated rings. The maximum Gasteiger partial charge on any atom is 0.262 e. The molecule has 0 unspecified atom stereocenters. The largest absolute Gasteiger partial charge is 0.497 e. The van der Waals surface area contributed by atoms with E-state index in [0.29, 0.717) is 17.0 Å². The van der Waals surface area contributed by atoms with E-state index >= 15 is 0 Å². The zero-order valence-corrected chi connectivity index (χ0v) is 15.4. The Morgan fingerprint density at radius 3 is 2.19 bits per heavy atom. The van der Waals surface area contributed by atoms with Crippen LogP contribution in [0, 0.1) is 0 Å². The van der Waals surface area contributed by atoms with Crippen LogP contribution in [0.2, 0.25) is 0 Å². The van der Waals surface area contributed by atoms with Gasteiger partial charge >= 0.3 is 0 Å². The van der Waals surface area contributed by atoms with Gasteiger partial charge in [0, 0.05) is 24.3 Å². The van der Waals surface area contributed by atoms with Crippen LogP contribution in [-0.4, -0.2) is 43.5 Å². The molecular weight excluding hydrogens is 344 g/mol. The molecule has 1 aliphatic heterocycles. The topological polar surface area (TPSA) is 67.9 Å². The second kappa shape index (κ2) is 9.07. The molecular formula is C21H24N2O4. The van der Waals surface area contributed by atoms with Gasteiger partial charge in [-0.3, -0.25) is 9.59 Å². The van der Waals surface area contributed by atoms with Crippen LogP contribution in [-0.2, 0) is 4.79 Å². The van der Waals surface area contributed by atoms with Crippen molar-refractivity contribution in [2.24, 2.45) is 0 Å². The third-order valence-electron chi connectivity index (χ3n) is 4.49. The number of carbonyl (C=O) groups is 2. The Balaban J connectivity index is 1.49. The number of methoxy groups -OCH3 is 1. The van der Waals surface area contributed by atoms with E-state index < -0.39 is 0 Å². The number of ether oxygens (including phenoxy) is 2. The molecule has 1 heterocycles. The van der Waals surface area contributed by atoms with E-state index in [1.54, 1.807) is 55.6 Å². The molecule has 1 N–H and O–H groups in total. The lowest BCUT2D eigenvalue weighted by Crippen LogP contribution is -2.35. The average molecular weight is 368 g/mol. The van der Waals surface area contributed by atoms with Gasteiger partial charge in [-0.05, 0) is 67.8 Å². The van der Waals surface area contributed by atoms with Gasteiger partial charge in [0.05, 0.1) is 7.11 Å². The monoisotopic (exact) mass is 368 g/mol. The molecule has 1 saturated heterocycles. The zero-order valence-electron chi connectivity index (χ0n) is 15.4. The molecule has 0 bridgehead atoms. The standard InChI is InChI=1S/C21H24N2O4/c1-26-18-9-11-19(12-10-18)27-15-20(24)22-17-7-5-16(6-8-17)21(25)23-13-3-2-4-14-23/h5-12H,2-4,13-15H2,1H3,(H,22,24). The van der Waals surface area contributed by atoms with Crippen molar-refractivity contribution >= 4 is 17.5 Å². The second-order valence-corrected chi connectivity index (χ2v) is 6.44. The summed E-state index contributed by atoms with van der Waals surface area (Å²) >= 11 is 0. The number of hydrogen-bond donors (Lipinski definition) is 1. The number of hydrogen-bond acceptors (Lipinski definition) is 4. The molecule has 2 amide bonds. The van der Waals surface area contributed by atoms with Gasteiger partial charge in [0.15, 0.2) is 6.61 Å². The Kier molecular flexibility index (Phi) is 6.30. The fraction of sp³-hybridized carbons (Fsp3) is 0.333. The van der Waals surface area contributed by atoms with E-state index in [2.05, 4.69) is 5.32 Å². The quantitative estimate of drug-likeness (QED) is 0.849. The highest BCUT2D eigenvalue weighted by atomic mass is 16.5. The molecule has 2 aromatic rings. The number of rotatable bonds is 6. The summed E-state index contributed by atoms with van der Waals surface area (Å²) in [6, 6.07) is 14.0. The third-order valence-corrected chi connectivity index (χ3v) is 4.49. The van der Waals surface area contributed by atoms with Gasteiger partial charge in [0.1, 0.15) is 11.5 Å². The number of amides is 2. The van der Waals surface area contributed by atoms with Crippen LogP contribution in [0.1, 0.15) is 29.6 Å². The van der Waals surface area contributed by atoms with Gasteiger partial charge in [-0.25, -0.2) is 0 Å². The number of nitrogens with zero attached hydrogens (tertiary/aromatic N) is 1. The smallest absolute Gasteiger partial charge is 0.262 e. The average Bonchev–Trinajstić information content (AvgIpc) is 2.73. The van der Waals surface area contributed by atoms with Crippen molar-refractivity contribution in [3.8, 4) is 11.5 Å². The lowest BCUT2D eigenvalue weighted by atomic mass is 10.1. The summed E-state index contributed by atoms with van der Waals surface area (Å²) in [5.74, 6) is 1.11. The summed E-state index contributed by atoms with van der Waals surface area (Å²) in [6.07, 6.45) is 3.31. The number of nitrogens with one attached hydrogen (secondary N) is 1. The molecule has 27 heavy (non-hydrogen) atoms. The van der Waals surface area contributed by atoms with Crippen LogP contribution in [0.4, 0.5) is 5.69 Å². The summed E-state index contributed by atoms with van der Waals surface area (Å²) in [4.78, 5) is 26.4. The molecule has 0 radical (unpaired) electrons. The molecule has 0 atom stereocenters. The molecule has 0 saturated carbocycles. The molecule has 0 aliphatic carbocycles. The zero-order chi connectivity index (χ0) is 19.1. The molecule has 6 heteroatoms. The molecule has 0 aromatic heterocycles. The van der Waals surface area contributed by atoms with Crippen molar-refractivity contribution in [1.29, 1.82) is 0 Å². The molecule has 6 nitrogen and oxygen atoms in total. The van der Waals surface area contributed by atoms with Crippen LogP contribution < -0.4 is 14.8 Å². The molecule has 3 rings (SSSR count). The Morgan fingerprint density at radius 1 is 0.926 bits per heavy atom. The SMILES string of the molecule is COc1ccc(OCC(=O)Nc2ccc(C(=O)N3CCCCC3)cc2)cc1. The van der Waals surface area contributed by atoms with E-state index in [1.807, 2.05) is 4.90 Å². The summed E-state index contributed by atoms with van der Waals surface area (Å²) in [7, 11) is 1.59. The van der Waals surface area contributed by atoms with Gasteiger partial charge in [-0.15, -0.1) is 0 Å². The third kappa shape index (κ3) is 5.23. The number of benzene rings is 2. The van der Waals surface area contributed by atoms with E-state index in [1.165, 1.54) is 6.42 Å². The van der Waals surface area contributed by atoms with E-state index in [9.17, 15) is 9.59 Å². The van der Waals surface area contributed by atoms with Gasteiger partial charge < -0.3 is 19.7 Å². The second-order valence-electron chi connectivity index (χ2n) is 6.44. The van der Waals surface area contributed by atoms with Crippen LogP contribution in [0.25, 0.3) is 0 Å². The van der Waals surface area contributed by atoms with Crippen molar-refractivity contribution in [2.75, 3.05) is 32.1 Å². The van der Waals surface area contributed by atoms with Gasteiger partial charge in [0.25, 0.3) is 11.8 Å². The van der Waals surface area contributed by atoms with Crippen LogP contribution in [0.3, 0.4) is 0 Å². The fourth-order valence-electron chi connectivity index (χ4n) is 2.99. The maximum atomic E-state index is 12.4. The van der Waals surface area contributed by atoms with Crippen molar-refractivity contribution in [1.82, 2.24) is 4.90 Å². The highest BCUT2D eigenvalue weighted by Crippen LogP contribution is 2.18. The van der Waals surface area contributed by atoms with Crippen LogP contribution in [0.5, 0.6) is 11.5 Å².